The van der Waals surface area contributed by atoms with E-state index in [0.717, 1.165) is 0 Å². The molecule has 0 nitrogen and oxygen atoms in total. The monoisotopic (exact) mass is 446 g/mol. The molecule has 6 rings (SSSR count). The van der Waals surface area contributed by atoms with Crippen molar-refractivity contribution in [3.8, 4) is 0 Å². The van der Waals surface area contributed by atoms with Gasteiger partial charge < -0.3 is 0 Å². The second-order valence-electron chi connectivity index (χ2n) is 8.03. The van der Waals surface area contributed by atoms with Crippen LogP contribution < -0.4 is 0 Å². The Morgan fingerprint density at radius 2 is 0.688 bits per heavy atom. The van der Waals surface area contributed by atoms with E-state index >= 15 is 0 Å². The minimum atomic E-state index is 0.304. The van der Waals surface area contributed by atoms with Gasteiger partial charge >= 0.3 is 0 Å². The minimum Gasteiger partial charge on any atom is -0.112 e. The zero-order valence-electron chi connectivity index (χ0n) is 17.5. The normalized spacial score (nSPS) is 20.0. The summed E-state index contributed by atoms with van der Waals surface area (Å²) in [6.07, 6.45) is 0. The van der Waals surface area contributed by atoms with E-state index in [-0.39, 0.29) is 0 Å². The molecule has 2 heteroatoms. The summed E-state index contributed by atoms with van der Waals surface area (Å²) < 4.78 is 0. The fourth-order valence-electron chi connectivity index (χ4n) is 4.60. The van der Waals surface area contributed by atoms with Crippen molar-refractivity contribution >= 4 is 33.3 Å². The molecule has 0 aromatic heterocycles. The van der Waals surface area contributed by atoms with Gasteiger partial charge in [-0.25, -0.2) is 0 Å². The van der Waals surface area contributed by atoms with Gasteiger partial charge in [0.25, 0.3) is 0 Å². The molecular formula is C30H22S2. The molecule has 2 atom stereocenters. The van der Waals surface area contributed by atoms with Crippen LogP contribution in [0.25, 0.3) is 9.81 Å². The number of hydrogen-bond acceptors (Lipinski definition) is 2. The van der Waals surface area contributed by atoms with E-state index in [1.807, 2.05) is 23.5 Å². The molecule has 0 saturated heterocycles. The maximum atomic E-state index is 2.28. The van der Waals surface area contributed by atoms with Crippen LogP contribution in [0.2, 0.25) is 0 Å². The van der Waals surface area contributed by atoms with Crippen LogP contribution in [-0.2, 0) is 0 Å². The molecule has 154 valence electrons. The van der Waals surface area contributed by atoms with Gasteiger partial charge in [0.1, 0.15) is 0 Å². The van der Waals surface area contributed by atoms with Crippen LogP contribution >= 0.6 is 23.5 Å². The number of hydrogen-bond donors (Lipinski definition) is 0. The van der Waals surface area contributed by atoms with Crippen molar-refractivity contribution in [1.82, 2.24) is 0 Å². The smallest absolute Gasteiger partial charge is 0.0609 e. The number of fused-ring (bicyclic) bond motifs is 1. The van der Waals surface area contributed by atoms with Gasteiger partial charge in [0.05, 0.1) is 10.5 Å². The van der Waals surface area contributed by atoms with Crippen molar-refractivity contribution in [1.29, 1.82) is 0 Å². The summed E-state index contributed by atoms with van der Waals surface area (Å²) in [4.78, 5) is 2.84. The number of rotatable bonds is 4. The van der Waals surface area contributed by atoms with Crippen molar-refractivity contribution in [2.45, 2.75) is 10.5 Å². The van der Waals surface area contributed by atoms with Crippen molar-refractivity contribution in [2.24, 2.45) is 0 Å². The lowest BCUT2D eigenvalue weighted by atomic mass is 9.90. The lowest BCUT2D eigenvalue weighted by Gasteiger charge is -2.16. The average molecular weight is 447 g/mol. The van der Waals surface area contributed by atoms with Gasteiger partial charge in [-0.1, -0.05) is 121 Å². The maximum absolute atomic E-state index is 2.28. The Kier molecular flexibility index (Phi) is 5.26. The fourth-order valence-corrected chi connectivity index (χ4v) is 7.78. The molecule has 0 N–H and O–H groups in total. The highest BCUT2D eigenvalue weighted by atomic mass is 32.2. The zero-order chi connectivity index (χ0) is 21.3. The molecule has 2 aliphatic heterocycles. The van der Waals surface area contributed by atoms with Crippen LogP contribution in [0.4, 0.5) is 0 Å². The highest BCUT2D eigenvalue weighted by Crippen LogP contribution is 2.68. The second-order valence-corrected chi connectivity index (χ2v) is 10.3. The van der Waals surface area contributed by atoms with Crippen LogP contribution in [0.3, 0.4) is 0 Å². The Hall–Kier alpha value is -2.94. The van der Waals surface area contributed by atoms with Gasteiger partial charge in [0.15, 0.2) is 0 Å². The molecule has 0 radical (unpaired) electrons. The number of benzene rings is 4. The first-order chi connectivity index (χ1) is 15.9. The van der Waals surface area contributed by atoms with Crippen molar-refractivity contribution in [2.75, 3.05) is 0 Å². The van der Waals surface area contributed by atoms with Gasteiger partial charge in [-0.15, -0.1) is 23.5 Å². The fraction of sp³-hybridized carbons (Fsp3) is 0.0667. The molecule has 2 aliphatic rings. The number of thioether (sulfide) groups is 2. The Morgan fingerprint density at radius 1 is 0.375 bits per heavy atom. The molecule has 0 fully saturated rings. The van der Waals surface area contributed by atoms with Gasteiger partial charge in [0.2, 0.25) is 0 Å². The summed E-state index contributed by atoms with van der Waals surface area (Å²) in [5.41, 5.74) is 8.37. The first-order valence-corrected chi connectivity index (χ1v) is 12.7. The zero-order valence-corrected chi connectivity index (χ0v) is 19.2. The summed E-state index contributed by atoms with van der Waals surface area (Å²) in [5.74, 6) is 0. The lowest BCUT2D eigenvalue weighted by molar-refractivity contribution is 1.09. The van der Waals surface area contributed by atoms with E-state index in [4.69, 9.17) is 0 Å². The summed E-state index contributed by atoms with van der Waals surface area (Å²) in [5, 5.41) is 0.607. The van der Waals surface area contributed by atoms with Crippen molar-refractivity contribution < 1.29 is 0 Å². The molecule has 0 saturated carbocycles. The highest BCUT2D eigenvalue weighted by Gasteiger charge is 2.43. The topological polar surface area (TPSA) is 0 Å². The molecule has 4 aromatic carbocycles. The Bertz CT molecular complexity index is 1190. The largest absolute Gasteiger partial charge is 0.112 e. The molecule has 4 aromatic rings. The SMILES string of the molecule is c1ccc(C2=C3C(=C(c4ccccc4)S[C@H]3c3ccccc3)[C@H](c3ccccc3)S2)cc1. The van der Waals surface area contributed by atoms with E-state index < -0.39 is 0 Å². The second kappa shape index (κ2) is 8.54. The average Bonchev–Trinajstić information content (AvgIpc) is 3.45. The summed E-state index contributed by atoms with van der Waals surface area (Å²) >= 11 is 4.03. The van der Waals surface area contributed by atoms with Crippen LogP contribution in [0.5, 0.6) is 0 Å². The highest BCUT2D eigenvalue weighted by molar-refractivity contribution is 8.11. The van der Waals surface area contributed by atoms with Gasteiger partial charge in [-0.3, -0.25) is 0 Å². The molecule has 0 spiro atoms. The van der Waals surface area contributed by atoms with Crippen LogP contribution in [-0.4, -0.2) is 0 Å². The van der Waals surface area contributed by atoms with Crippen molar-refractivity contribution in [3.63, 3.8) is 0 Å². The first-order valence-electron chi connectivity index (χ1n) is 10.9. The van der Waals surface area contributed by atoms with E-state index in [2.05, 4.69) is 121 Å². The van der Waals surface area contributed by atoms with Gasteiger partial charge in [-0.2, -0.15) is 0 Å². The van der Waals surface area contributed by atoms with Gasteiger partial charge in [-0.05, 0) is 33.4 Å². The third-order valence-corrected chi connectivity index (χ3v) is 8.92. The van der Waals surface area contributed by atoms with Crippen LogP contribution in [0.1, 0.15) is 32.8 Å². The standard InChI is InChI=1S/C30H22S2/c1-5-13-21(14-6-1)27-25-26(29(31-27)23-17-9-3-10-18-23)30(24-19-11-4-12-20-24)32-28(25)22-15-7-2-8-16-22/h1-20,27,30H/t27-,30-/m0/s1. The molecule has 2 heterocycles. The summed E-state index contributed by atoms with van der Waals surface area (Å²) in [7, 11) is 0. The Morgan fingerprint density at radius 3 is 1.03 bits per heavy atom. The van der Waals surface area contributed by atoms with E-state index in [1.165, 1.54) is 43.2 Å². The molecule has 32 heavy (non-hydrogen) atoms. The molecule has 0 unspecified atom stereocenters. The van der Waals surface area contributed by atoms with Crippen LogP contribution in [0, 0.1) is 0 Å². The van der Waals surface area contributed by atoms with E-state index in [9.17, 15) is 0 Å². The molecule has 0 aliphatic carbocycles. The maximum Gasteiger partial charge on any atom is 0.0609 e. The van der Waals surface area contributed by atoms with Crippen molar-refractivity contribution in [3.05, 3.63) is 155 Å². The summed E-state index contributed by atoms with van der Waals surface area (Å²) in [6, 6.07) is 43.8. The first kappa shape index (κ1) is 19.7. The minimum absolute atomic E-state index is 0.304. The van der Waals surface area contributed by atoms with Gasteiger partial charge in [0, 0.05) is 9.81 Å². The Labute approximate surface area is 198 Å². The van der Waals surface area contributed by atoms with E-state index in [0.29, 0.717) is 10.5 Å². The molecule has 0 bridgehead atoms. The van der Waals surface area contributed by atoms with Crippen LogP contribution in [0.15, 0.2) is 132 Å². The predicted molar refractivity (Wildman–Crippen MR) is 140 cm³/mol. The predicted octanol–water partition coefficient (Wildman–Crippen LogP) is 8.79. The quantitative estimate of drug-likeness (QED) is 0.307. The third-order valence-electron chi connectivity index (χ3n) is 6.05. The Balaban J connectivity index is 1.61. The molecular weight excluding hydrogens is 424 g/mol. The molecule has 0 amide bonds. The third kappa shape index (κ3) is 3.44. The van der Waals surface area contributed by atoms with E-state index in [1.54, 1.807) is 0 Å². The lowest BCUT2D eigenvalue weighted by Crippen LogP contribution is -1.98. The summed E-state index contributed by atoms with van der Waals surface area (Å²) in [6.45, 7) is 0.